The van der Waals surface area contributed by atoms with E-state index in [1.807, 2.05) is 80.6 Å². The van der Waals surface area contributed by atoms with Crippen LogP contribution in [-0.4, -0.2) is 14.2 Å². The molecule has 0 radical (unpaired) electrons. The molecule has 2 aromatic carbocycles. The van der Waals surface area contributed by atoms with Gasteiger partial charge in [-0.2, -0.15) is 4.98 Å². The highest BCUT2D eigenvalue weighted by molar-refractivity contribution is 7.83. The van der Waals surface area contributed by atoms with Crippen molar-refractivity contribution in [2.45, 2.75) is 25.2 Å². The summed E-state index contributed by atoms with van der Waals surface area (Å²) in [6.07, 6.45) is 9.82. The zero-order chi connectivity index (χ0) is 23.8. The second kappa shape index (κ2) is 11.2. The lowest BCUT2D eigenvalue weighted by Crippen LogP contribution is -2.17. The quantitative estimate of drug-likeness (QED) is 0.344. The maximum Gasteiger partial charge on any atom is 0.225 e. The van der Waals surface area contributed by atoms with Crippen LogP contribution in [0.25, 0.3) is 16.8 Å². The number of fused-ring (bicyclic) bond motifs is 1. The third kappa shape index (κ3) is 5.68. The van der Waals surface area contributed by atoms with Crippen molar-refractivity contribution in [2.24, 2.45) is 0 Å². The summed E-state index contributed by atoms with van der Waals surface area (Å²) in [6.45, 7) is 4.00. The number of nitrogens with one attached hydrogen (secondary N) is 1. The van der Waals surface area contributed by atoms with Crippen molar-refractivity contribution in [3.8, 4) is 11.5 Å². The molecule has 1 unspecified atom stereocenters. The number of ether oxygens (including phenoxy) is 1. The Hall–Kier alpha value is -3.97. The number of allylic oxidation sites excluding steroid dienone is 5. The van der Waals surface area contributed by atoms with Crippen LogP contribution in [-0.2, 0) is 11.0 Å². The molecule has 7 heteroatoms. The fourth-order valence-electron chi connectivity index (χ4n) is 3.22. The zero-order valence-electron chi connectivity index (χ0n) is 19.0. The average Bonchev–Trinajstić information content (AvgIpc) is 3.19. The molecule has 1 aliphatic rings. The van der Waals surface area contributed by atoms with Gasteiger partial charge in [0.05, 0.1) is 4.90 Å². The monoisotopic (exact) mass is 471 g/mol. The molecule has 2 aromatic heterocycles. The second-order valence-corrected chi connectivity index (χ2v) is 8.26. The number of para-hydroxylation sites is 1. The van der Waals surface area contributed by atoms with E-state index in [1.165, 1.54) is 0 Å². The van der Waals surface area contributed by atoms with Crippen LogP contribution in [0, 0.1) is 0 Å². The minimum Gasteiger partial charge on any atom is -0.457 e. The third-order valence-electron chi connectivity index (χ3n) is 4.77. The second-order valence-electron chi connectivity index (χ2n) is 7.05. The van der Waals surface area contributed by atoms with Crippen molar-refractivity contribution in [3.63, 3.8) is 0 Å². The summed E-state index contributed by atoms with van der Waals surface area (Å²) in [5.41, 5.74) is 2.87. The first-order chi connectivity index (χ1) is 16.7. The Kier molecular flexibility index (Phi) is 7.67. The summed E-state index contributed by atoms with van der Waals surface area (Å²) < 4.78 is 27.6. The van der Waals surface area contributed by atoms with Gasteiger partial charge in [-0.05, 0) is 54.6 Å². The predicted molar refractivity (Wildman–Crippen MR) is 135 cm³/mol. The topological polar surface area (TPSA) is 77.3 Å². The maximum atomic E-state index is 12.9. The van der Waals surface area contributed by atoms with Crippen LogP contribution in [0.15, 0.2) is 112 Å². The van der Waals surface area contributed by atoms with Gasteiger partial charge in [-0.3, -0.25) is 0 Å². The molecule has 4 aromatic rings. The van der Waals surface area contributed by atoms with Crippen LogP contribution in [0.3, 0.4) is 0 Å². The minimum absolute atomic E-state index is 0.501. The summed E-state index contributed by atoms with van der Waals surface area (Å²) in [5.74, 6) is 1.94. The van der Waals surface area contributed by atoms with E-state index in [0.717, 1.165) is 17.0 Å². The lowest BCUT2D eigenvalue weighted by molar-refractivity contribution is 0.482. The molecule has 0 fully saturated rings. The normalized spacial score (nSPS) is 13.7. The Bertz CT molecular complexity index is 1320. The van der Waals surface area contributed by atoms with E-state index in [9.17, 15) is 4.21 Å². The standard InChI is InChI=1S/C25H19N3O3S.C2H6/c29-32(22-14-12-21(13-15-22)30-20-9-2-1-3-10-20)28-19-8-5-4-7-18(17-19)25-27-24-23(31-25)11-6-16-26-24;1-2/h1-16,28H,17H2;1-2H3. The van der Waals surface area contributed by atoms with Crippen LogP contribution >= 0.6 is 0 Å². The molecular formula is C27H25N3O3S. The fraction of sp³-hybridized carbons (Fsp3) is 0.111. The highest BCUT2D eigenvalue weighted by Crippen LogP contribution is 2.27. The summed E-state index contributed by atoms with van der Waals surface area (Å²) in [4.78, 5) is 9.34. The number of hydrogen-bond acceptors (Lipinski definition) is 5. The molecule has 0 spiro atoms. The van der Waals surface area contributed by atoms with E-state index >= 15 is 0 Å². The Morgan fingerprint density at radius 3 is 2.41 bits per heavy atom. The van der Waals surface area contributed by atoms with Gasteiger partial charge < -0.3 is 13.9 Å². The molecule has 172 valence electrons. The van der Waals surface area contributed by atoms with Gasteiger partial charge >= 0.3 is 0 Å². The van der Waals surface area contributed by atoms with Gasteiger partial charge in [-0.25, -0.2) is 9.19 Å². The molecule has 1 aliphatic carbocycles. The van der Waals surface area contributed by atoms with Gasteiger partial charge in [0.1, 0.15) is 22.5 Å². The number of pyridine rings is 1. The smallest absolute Gasteiger partial charge is 0.225 e. The molecule has 0 amide bonds. The van der Waals surface area contributed by atoms with E-state index in [2.05, 4.69) is 14.7 Å². The summed E-state index contributed by atoms with van der Waals surface area (Å²) in [5, 5.41) is 0. The first kappa shape index (κ1) is 23.2. The van der Waals surface area contributed by atoms with E-state index < -0.39 is 11.0 Å². The SMILES string of the molecule is CC.O=S(NC1=CC=CC=C(c2nc3ncccc3o2)C1)c1ccc(Oc2ccccc2)cc1. The van der Waals surface area contributed by atoms with Crippen molar-refractivity contribution in [3.05, 3.63) is 109 Å². The van der Waals surface area contributed by atoms with Crippen molar-refractivity contribution < 1.29 is 13.4 Å². The maximum absolute atomic E-state index is 12.9. The molecule has 0 aliphatic heterocycles. The molecule has 1 atom stereocenters. The molecule has 0 saturated heterocycles. The molecule has 0 bridgehead atoms. The number of benzene rings is 2. The lowest BCUT2D eigenvalue weighted by Gasteiger charge is -2.11. The number of nitrogens with zero attached hydrogens (tertiary/aromatic N) is 2. The van der Waals surface area contributed by atoms with Crippen LogP contribution in [0.4, 0.5) is 0 Å². The van der Waals surface area contributed by atoms with Crippen molar-refractivity contribution in [2.75, 3.05) is 0 Å². The van der Waals surface area contributed by atoms with Gasteiger partial charge in [-0.1, -0.05) is 50.3 Å². The third-order valence-corrected chi connectivity index (χ3v) is 5.91. The Labute approximate surface area is 201 Å². The number of rotatable bonds is 6. The molecule has 5 rings (SSSR count). The Morgan fingerprint density at radius 1 is 0.912 bits per heavy atom. The van der Waals surface area contributed by atoms with Gasteiger partial charge in [-0.15, -0.1) is 0 Å². The van der Waals surface area contributed by atoms with Gasteiger partial charge in [0.25, 0.3) is 0 Å². The first-order valence-corrected chi connectivity index (χ1v) is 12.2. The molecule has 1 N–H and O–H groups in total. The minimum atomic E-state index is -1.43. The molecule has 6 nitrogen and oxygen atoms in total. The van der Waals surface area contributed by atoms with Gasteiger partial charge in [0.15, 0.2) is 11.2 Å². The van der Waals surface area contributed by atoms with Crippen LogP contribution in [0.2, 0.25) is 0 Å². The van der Waals surface area contributed by atoms with E-state index in [-0.39, 0.29) is 0 Å². The molecule has 34 heavy (non-hydrogen) atoms. The van der Waals surface area contributed by atoms with Crippen LogP contribution in [0.5, 0.6) is 11.5 Å². The molecular weight excluding hydrogens is 446 g/mol. The van der Waals surface area contributed by atoms with E-state index in [1.54, 1.807) is 30.5 Å². The lowest BCUT2D eigenvalue weighted by atomic mass is 10.1. The van der Waals surface area contributed by atoms with Crippen molar-refractivity contribution >= 4 is 27.8 Å². The fourth-order valence-corrected chi connectivity index (χ4v) is 4.10. The highest BCUT2D eigenvalue weighted by atomic mass is 32.2. The number of hydrogen-bond donors (Lipinski definition) is 1. The number of oxazole rings is 1. The Morgan fingerprint density at radius 2 is 1.65 bits per heavy atom. The summed E-state index contributed by atoms with van der Waals surface area (Å²) in [6, 6.07) is 20.4. The Balaban J connectivity index is 0.00000133. The summed E-state index contributed by atoms with van der Waals surface area (Å²) >= 11 is 0. The highest BCUT2D eigenvalue weighted by Gasteiger charge is 2.15. The van der Waals surface area contributed by atoms with E-state index in [4.69, 9.17) is 9.15 Å². The van der Waals surface area contributed by atoms with Crippen LogP contribution in [0.1, 0.15) is 26.2 Å². The van der Waals surface area contributed by atoms with E-state index in [0.29, 0.717) is 34.2 Å². The number of aromatic nitrogens is 2. The first-order valence-electron chi connectivity index (χ1n) is 11.0. The predicted octanol–water partition coefficient (Wildman–Crippen LogP) is 6.58. The summed E-state index contributed by atoms with van der Waals surface area (Å²) in [7, 11) is -1.43. The van der Waals surface area contributed by atoms with Crippen molar-refractivity contribution in [1.82, 2.24) is 14.7 Å². The molecule has 2 heterocycles. The van der Waals surface area contributed by atoms with Crippen molar-refractivity contribution in [1.29, 1.82) is 0 Å². The van der Waals surface area contributed by atoms with Crippen LogP contribution < -0.4 is 9.46 Å². The largest absolute Gasteiger partial charge is 0.457 e. The average molecular weight is 472 g/mol. The van der Waals surface area contributed by atoms with Gasteiger partial charge in [0, 0.05) is 23.9 Å². The zero-order valence-corrected chi connectivity index (χ0v) is 19.8. The van der Waals surface area contributed by atoms with Gasteiger partial charge in [0.2, 0.25) is 5.89 Å². The molecule has 0 saturated carbocycles.